The number of sulfonamides is 1. The summed E-state index contributed by atoms with van der Waals surface area (Å²) >= 11 is 0. The van der Waals surface area contributed by atoms with E-state index < -0.39 is 37.4 Å². The van der Waals surface area contributed by atoms with Crippen molar-refractivity contribution < 1.29 is 17.7 Å². The molecule has 0 saturated carbocycles. The van der Waals surface area contributed by atoms with Crippen LogP contribution in [0.2, 0.25) is 0 Å². The number of rotatable bonds is 5. The molecule has 0 bridgehead atoms. The minimum absolute atomic E-state index is 0.0726. The molecule has 1 aromatic carbocycles. The maximum atomic E-state index is 12.9. The van der Waals surface area contributed by atoms with E-state index in [1.807, 2.05) is 0 Å². The van der Waals surface area contributed by atoms with E-state index in [1.165, 1.54) is 0 Å². The lowest BCUT2D eigenvalue weighted by molar-refractivity contribution is -0.388. The van der Waals surface area contributed by atoms with Crippen molar-refractivity contribution >= 4 is 15.7 Å². The molecule has 0 aromatic heterocycles. The van der Waals surface area contributed by atoms with E-state index >= 15 is 0 Å². The molecule has 1 atom stereocenters. The Kier molecular flexibility index (Phi) is 4.33. The van der Waals surface area contributed by atoms with Gasteiger partial charge in [0.05, 0.1) is 11.0 Å². The van der Waals surface area contributed by atoms with Gasteiger partial charge in [0.25, 0.3) is 5.69 Å². The van der Waals surface area contributed by atoms with Gasteiger partial charge in [-0.25, -0.2) is 17.5 Å². The van der Waals surface area contributed by atoms with Gasteiger partial charge in [0.2, 0.25) is 10.0 Å². The summed E-state index contributed by atoms with van der Waals surface area (Å²) in [5.74, 6) is -0.882. The van der Waals surface area contributed by atoms with Crippen molar-refractivity contribution in [2.45, 2.75) is 17.9 Å². The van der Waals surface area contributed by atoms with E-state index in [-0.39, 0.29) is 6.54 Å². The van der Waals surface area contributed by atoms with Crippen LogP contribution in [0.4, 0.5) is 10.1 Å². The molecular formula is C9H12FN3O4S. The van der Waals surface area contributed by atoms with E-state index in [0.717, 1.165) is 12.1 Å². The van der Waals surface area contributed by atoms with Crippen LogP contribution in [0.15, 0.2) is 23.1 Å². The second-order valence-electron chi connectivity index (χ2n) is 3.70. The standard InChI is InChI=1S/C9H12FN3O4S/c1-6(11)5-12-18(16,17)9-3-2-7(10)4-8(9)13(14)15/h2-4,6,12H,5,11H2,1H3. The zero-order valence-corrected chi connectivity index (χ0v) is 10.3. The van der Waals surface area contributed by atoms with Crippen molar-refractivity contribution in [1.29, 1.82) is 0 Å². The molecule has 3 N–H and O–H groups in total. The van der Waals surface area contributed by atoms with E-state index in [1.54, 1.807) is 6.92 Å². The quantitative estimate of drug-likeness (QED) is 0.595. The molecule has 18 heavy (non-hydrogen) atoms. The molecule has 0 aliphatic carbocycles. The highest BCUT2D eigenvalue weighted by molar-refractivity contribution is 7.89. The number of nitrogens with two attached hydrogens (primary N) is 1. The number of nitro benzene ring substituents is 1. The van der Waals surface area contributed by atoms with Gasteiger partial charge in [0.15, 0.2) is 4.90 Å². The molecule has 7 nitrogen and oxygen atoms in total. The fourth-order valence-corrected chi connectivity index (χ4v) is 2.47. The van der Waals surface area contributed by atoms with Gasteiger partial charge in [-0.05, 0) is 19.1 Å². The normalized spacial score (nSPS) is 13.3. The van der Waals surface area contributed by atoms with Gasteiger partial charge in [-0.3, -0.25) is 10.1 Å². The predicted octanol–water partition coefficient (Wildman–Crippen LogP) is 0.359. The molecule has 0 radical (unpaired) electrons. The SMILES string of the molecule is CC(N)CNS(=O)(=O)c1ccc(F)cc1[N+](=O)[O-]. The summed E-state index contributed by atoms with van der Waals surface area (Å²) in [6.45, 7) is 1.50. The molecule has 0 amide bonds. The minimum atomic E-state index is -4.09. The Labute approximate surface area is 103 Å². The summed E-state index contributed by atoms with van der Waals surface area (Å²) in [6, 6.07) is 1.80. The molecule has 9 heteroatoms. The first-order valence-corrected chi connectivity index (χ1v) is 6.41. The number of benzene rings is 1. The molecular weight excluding hydrogens is 265 g/mol. The van der Waals surface area contributed by atoms with E-state index in [4.69, 9.17) is 5.73 Å². The van der Waals surface area contributed by atoms with Gasteiger partial charge in [-0.2, -0.15) is 0 Å². The highest BCUT2D eigenvalue weighted by Gasteiger charge is 2.26. The van der Waals surface area contributed by atoms with Crippen LogP contribution >= 0.6 is 0 Å². The predicted molar refractivity (Wildman–Crippen MR) is 61.9 cm³/mol. The number of nitrogens with zero attached hydrogens (tertiary/aromatic N) is 1. The van der Waals surface area contributed by atoms with Crippen molar-refractivity contribution in [3.05, 3.63) is 34.1 Å². The van der Waals surface area contributed by atoms with Gasteiger partial charge >= 0.3 is 0 Å². The zero-order chi connectivity index (χ0) is 13.9. The fraction of sp³-hybridized carbons (Fsp3) is 0.333. The number of nitro groups is 1. The number of nitrogens with one attached hydrogen (secondary N) is 1. The average Bonchev–Trinajstić information content (AvgIpc) is 2.26. The summed E-state index contributed by atoms with van der Waals surface area (Å²) in [4.78, 5) is 9.14. The zero-order valence-electron chi connectivity index (χ0n) is 9.46. The van der Waals surface area contributed by atoms with E-state index in [2.05, 4.69) is 4.72 Å². The van der Waals surface area contributed by atoms with Crippen molar-refractivity contribution in [1.82, 2.24) is 4.72 Å². The summed E-state index contributed by atoms with van der Waals surface area (Å²) < 4.78 is 38.5. The maximum absolute atomic E-state index is 12.9. The molecule has 1 unspecified atom stereocenters. The van der Waals surface area contributed by atoms with E-state index in [9.17, 15) is 22.9 Å². The van der Waals surface area contributed by atoms with E-state index in [0.29, 0.717) is 6.07 Å². The third-order valence-corrected chi connectivity index (χ3v) is 3.47. The lowest BCUT2D eigenvalue weighted by Gasteiger charge is -2.09. The van der Waals surface area contributed by atoms with Crippen molar-refractivity contribution in [2.24, 2.45) is 5.73 Å². The Morgan fingerprint density at radius 1 is 1.56 bits per heavy atom. The molecule has 1 aromatic rings. The minimum Gasteiger partial charge on any atom is -0.327 e. The summed E-state index contributed by atoms with van der Waals surface area (Å²) in [5.41, 5.74) is 4.57. The molecule has 0 spiro atoms. The van der Waals surface area contributed by atoms with Crippen LogP contribution in [-0.4, -0.2) is 25.9 Å². The highest BCUT2D eigenvalue weighted by atomic mass is 32.2. The van der Waals surface area contributed by atoms with Crippen LogP contribution in [-0.2, 0) is 10.0 Å². The Hall–Kier alpha value is -1.58. The van der Waals surface area contributed by atoms with Gasteiger partial charge in [0.1, 0.15) is 5.82 Å². The number of hydrogen-bond acceptors (Lipinski definition) is 5. The summed E-state index contributed by atoms with van der Waals surface area (Å²) in [7, 11) is -4.09. The third-order valence-electron chi connectivity index (χ3n) is 2.00. The highest BCUT2D eigenvalue weighted by Crippen LogP contribution is 2.24. The van der Waals surface area contributed by atoms with Crippen LogP contribution in [0.25, 0.3) is 0 Å². The van der Waals surface area contributed by atoms with Crippen LogP contribution in [0.1, 0.15) is 6.92 Å². The molecule has 0 saturated heterocycles. The average molecular weight is 277 g/mol. The topological polar surface area (TPSA) is 115 Å². The molecule has 0 fully saturated rings. The smallest absolute Gasteiger partial charge is 0.292 e. The van der Waals surface area contributed by atoms with Crippen LogP contribution in [0.5, 0.6) is 0 Å². The fourth-order valence-electron chi connectivity index (χ4n) is 1.18. The van der Waals surface area contributed by atoms with Crippen molar-refractivity contribution in [2.75, 3.05) is 6.54 Å². The first-order valence-electron chi connectivity index (χ1n) is 4.93. The number of hydrogen-bond donors (Lipinski definition) is 2. The second-order valence-corrected chi connectivity index (χ2v) is 5.43. The van der Waals surface area contributed by atoms with Crippen LogP contribution in [0.3, 0.4) is 0 Å². The molecule has 1 rings (SSSR count). The molecule has 0 heterocycles. The van der Waals surface area contributed by atoms with Crippen LogP contribution < -0.4 is 10.5 Å². The lowest BCUT2D eigenvalue weighted by Crippen LogP contribution is -2.35. The second kappa shape index (κ2) is 5.38. The molecule has 100 valence electrons. The molecule has 0 aliphatic heterocycles. The largest absolute Gasteiger partial charge is 0.327 e. The van der Waals surface area contributed by atoms with Crippen molar-refractivity contribution in [3.63, 3.8) is 0 Å². The monoisotopic (exact) mass is 277 g/mol. The number of halogens is 1. The third kappa shape index (κ3) is 3.45. The lowest BCUT2D eigenvalue weighted by atomic mass is 10.3. The Balaban J connectivity index is 3.20. The van der Waals surface area contributed by atoms with Gasteiger partial charge in [0, 0.05) is 12.6 Å². The Morgan fingerprint density at radius 3 is 2.67 bits per heavy atom. The van der Waals surface area contributed by atoms with Gasteiger partial charge < -0.3 is 5.73 Å². The molecule has 0 aliphatic rings. The Morgan fingerprint density at radius 2 is 2.17 bits per heavy atom. The first kappa shape index (κ1) is 14.5. The first-order chi connectivity index (χ1) is 8.24. The maximum Gasteiger partial charge on any atom is 0.292 e. The summed E-state index contributed by atoms with van der Waals surface area (Å²) in [6.07, 6.45) is 0. The Bertz CT molecular complexity index is 559. The van der Waals surface area contributed by atoms with Crippen LogP contribution in [0, 0.1) is 15.9 Å². The van der Waals surface area contributed by atoms with Gasteiger partial charge in [-0.15, -0.1) is 0 Å². The van der Waals surface area contributed by atoms with Crippen molar-refractivity contribution in [3.8, 4) is 0 Å². The van der Waals surface area contributed by atoms with Gasteiger partial charge in [-0.1, -0.05) is 0 Å². The summed E-state index contributed by atoms with van der Waals surface area (Å²) in [5, 5.41) is 10.7.